The highest BCUT2D eigenvalue weighted by Gasteiger charge is 2.45. The Bertz CT molecular complexity index is 493. The lowest BCUT2D eigenvalue weighted by Crippen LogP contribution is -2.36. The van der Waals surface area contributed by atoms with Crippen LogP contribution in [0.15, 0.2) is 18.2 Å². The second-order valence-corrected chi connectivity index (χ2v) is 6.13. The van der Waals surface area contributed by atoms with E-state index in [2.05, 4.69) is 24.1 Å². The minimum absolute atomic E-state index is 0.0718. The molecule has 0 saturated carbocycles. The first-order valence-corrected chi connectivity index (χ1v) is 7.56. The maximum atomic E-state index is 13.1. The van der Waals surface area contributed by atoms with E-state index in [4.69, 9.17) is 0 Å². The van der Waals surface area contributed by atoms with Gasteiger partial charge in [0.05, 0.1) is 0 Å². The van der Waals surface area contributed by atoms with Crippen molar-refractivity contribution in [1.29, 1.82) is 0 Å². The van der Waals surface area contributed by atoms with Crippen LogP contribution >= 0.6 is 0 Å². The standard InChI is InChI=1S/C16H23FN2O/c1-3-15-14-8-18-7-11(14)9-19(15)10(2)13-5-4-12(17)6-16(13)20/h4-6,10-11,14-15,18,20H,3,7-9H2,1-2H3. The van der Waals surface area contributed by atoms with Crippen molar-refractivity contribution in [1.82, 2.24) is 10.2 Å². The second-order valence-electron chi connectivity index (χ2n) is 6.13. The molecular formula is C16H23FN2O. The van der Waals surface area contributed by atoms with Crippen LogP contribution in [0.4, 0.5) is 4.39 Å². The molecule has 3 rings (SSSR count). The number of nitrogens with one attached hydrogen (secondary N) is 1. The summed E-state index contributed by atoms with van der Waals surface area (Å²) in [6.45, 7) is 7.61. The number of aromatic hydroxyl groups is 1. The number of hydrogen-bond donors (Lipinski definition) is 2. The second kappa shape index (κ2) is 5.34. The van der Waals surface area contributed by atoms with Crippen LogP contribution < -0.4 is 5.32 Å². The highest BCUT2D eigenvalue weighted by molar-refractivity contribution is 5.35. The molecule has 0 radical (unpaired) electrons. The van der Waals surface area contributed by atoms with Crippen LogP contribution in [0.25, 0.3) is 0 Å². The third-order valence-electron chi connectivity index (χ3n) is 5.12. The molecule has 2 heterocycles. The summed E-state index contributed by atoms with van der Waals surface area (Å²) in [5, 5.41) is 13.5. The molecule has 0 bridgehead atoms. The summed E-state index contributed by atoms with van der Waals surface area (Å²) in [6, 6.07) is 5.05. The molecule has 0 aliphatic carbocycles. The average molecular weight is 278 g/mol. The molecule has 0 spiro atoms. The predicted octanol–water partition coefficient (Wildman–Crippen LogP) is 2.52. The van der Waals surface area contributed by atoms with Crippen LogP contribution in [0.2, 0.25) is 0 Å². The van der Waals surface area contributed by atoms with E-state index >= 15 is 0 Å². The minimum Gasteiger partial charge on any atom is -0.508 e. The van der Waals surface area contributed by atoms with E-state index in [1.807, 2.05) is 0 Å². The normalized spacial score (nSPS) is 31.4. The highest BCUT2D eigenvalue weighted by Crippen LogP contribution is 2.41. The average Bonchev–Trinajstić information content (AvgIpc) is 2.97. The van der Waals surface area contributed by atoms with Gasteiger partial charge in [-0.15, -0.1) is 0 Å². The van der Waals surface area contributed by atoms with E-state index in [1.54, 1.807) is 6.07 Å². The zero-order valence-electron chi connectivity index (χ0n) is 12.1. The Labute approximate surface area is 119 Å². The molecule has 2 aliphatic heterocycles. The molecule has 2 N–H and O–H groups in total. The van der Waals surface area contributed by atoms with Crippen LogP contribution in [0.5, 0.6) is 5.75 Å². The molecule has 0 aromatic heterocycles. The molecule has 110 valence electrons. The van der Waals surface area contributed by atoms with Crippen molar-refractivity contribution in [3.8, 4) is 5.75 Å². The third kappa shape index (κ3) is 2.21. The quantitative estimate of drug-likeness (QED) is 0.892. The topological polar surface area (TPSA) is 35.5 Å². The van der Waals surface area contributed by atoms with E-state index in [0.29, 0.717) is 17.9 Å². The van der Waals surface area contributed by atoms with Crippen molar-refractivity contribution in [2.45, 2.75) is 32.4 Å². The van der Waals surface area contributed by atoms with Gasteiger partial charge in [0.2, 0.25) is 0 Å². The van der Waals surface area contributed by atoms with Crippen LogP contribution in [0.1, 0.15) is 31.9 Å². The lowest BCUT2D eigenvalue weighted by Gasteiger charge is -2.33. The summed E-state index contributed by atoms with van der Waals surface area (Å²) in [5.74, 6) is 1.12. The summed E-state index contributed by atoms with van der Waals surface area (Å²) in [5.41, 5.74) is 0.831. The monoisotopic (exact) mass is 278 g/mol. The fourth-order valence-corrected chi connectivity index (χ4v) is 4.09. The van der Waals surface area contributed by atoms with Gasteiger partial charge in [-0.3, -0.25) is 4.90 Å². The van der Waals surface area contributed by atoms with Gasteiger partial charge in [0, 0.05) is 30.3 Å². The lowest BCUT2D eigenvalue weighted by atomic mass is 9.92. The molecule has 2 aliphatic rings. The van der Waals surface area contributed by atoms with Gasteiger partial charge in [-0.1, -0.05) is 13.0 Å². The molecule has 4 atom stereocenters. The smallest absolute Gasteiger partial charge is 0.126 e. The van der Waals surface area contributed by atoms with Crippen molar-refractivity contribution < 1.29 is 9.50 Å². The van der Waals surface area contributed by atoms with E-state index in [1.165, 1.54) is 12.1 Å². The molecular weight excluding hydrogens is 255 g/mol. The number of phenols is 1. The molecule has 4 unspecified atom stereocenters. The van der Waals surface area contributed by atoms with Gasteiger partial charge in [-0.2, -0.15) is 0 Å². The first-order chi connectivity index (χ1) is 9.61. The van der Waals surface area contributed by atoms with Gasteiger partial charge in [-0.25, -0.2) is 4.39 Å². The van der Waals surface area contributed by atoms with E-state index in [-0.39, 0.29) is 17.6 Å². The Kier molecular flexibility index (Phi) is 3.69. The van der Waals surface area contributed by atoms with Crippen LogP contribution in [-0.4, -0.2) is 35.7 Å². The van der Waals surface area contributed by atoms with Crippen molar-refractivity contribution >= 4 is 0 Å². The van der Waals surface area contributed by atoms with E-state index < -0.39 is 0 Å². The molecule has 2 saturated heterocycles. The largest absolute Gasteiger partial charge is 0.508 e. The van der Waals surface area contributed by atoms with E-state index in [0.717, 1.165) is 31.6 Å². The summed E-state index contributed by atoms with van der Waals surface area (Å²) >= 11 is 0. The number of rotatable bonds is 3. The Morgan fingerprint density at radius 3 is 2.95 bits per heavy atom. The van der Waals surface area contributed by atoms with Gasteiger partial charge in [0.15, 0.2) is 0 Å². The first kappa shape index (κ1) is 13.8. The minimum atomic E-state index is -0.381. The number of hydrogen-bond acceptors (Lipinski definition) is 3. The van der Waals surface area contributed by atoms with Gasteiger partial charge in [0.25, 0.3) is 0 Å². The molecule has 2 fully saturated rings. The van der Waals surface area contributed by atoms with Crippen LogP contribution in [0.3, 0.4) is 0 Å². The van der Waals surface area contributed by atoms with Gasteiger partial charge in [0.1, 0.15) is 11.6 Å². The number of halogens is 1. The zero-order chi connectivity index (χ0) is 14.3. The molecule has 0 amide bonds. The number of likely N-dealkylation sites (tertiary alicyclic amines) is 1. The highest BCUT2D eigenvalue weighted by atomic mass is 19.1. The maximum absolute atomic E-state index is 13.1. The lowest BCUT2D eigenvalue weighted by molar-refractivity contribution is 0.163. The van der Waals surface area contributed by atoms with Gasteiger partial charge >= 0.3 is 0 Å². The summed E-state index contributed by atoms with van der Waals surface area (Å²) < 4.78 is 13.1. The molecule has 20 heavy (non-hydrogen) atoms. The maximum Gasteiger partial charge on any atom is 0.126 e. The fourth-order valence-electron chi connectivity index (χ4n) is 4.09. The third-order valence-corrected chi connectivity index (χ3v) is 5.12. The number of nitrogens with zero attached hydrogens (tertiary/aromatic N) is 1. The Hall–Kier alpha value is -1.13. The Balaban J connectivity index is 1.84. The molecule has 1 aromatic rings. The number of fused-ring (bicyclic) bond motifs is 1. The van der Waals surface area contributed by atoms with Crippen molar-refractivity contribution in [3.05, 3.63) is 29.6 Å². The van der Waals surface area contributed by atoms with Crippen LogP contribution in [-0.2, 0) is 0 Å². The number of phenolic OH excluding ortho intramolecular Hbond substituents is 1. The summed E-state index contributed by atoms with van der Waals surface area (Å²) in [4.78, 5) is 2.49. The van der Waals surface area contributed by atoms with Crippen molar-refractivity contribution in [2.75, 3.05) is 19.6 Å². The summed E-state index contributed by atoms with van der Waals surface area (Å²) in [6.07, 6.45) is 1.12. The first-order valence-electron chi connectivity index (χ1n) is 7.56. The fraction of sp³-hybridized carbons (Fsp3) is 0.625. The number of benzene rings is 1. The van der Waals surface area contributed by atoms with Crippen LogP contribution in [0, 0.1) is 17.7 Å². The van der Waals surface area contributed by atoms with Crippen molar-refractivity contribution in [2.24, 2.45) is 11.8 Å². The van der Waals surface area contributed by atoms with Gasteiger partial charge < -0.3 is 10.4 Å². The van der Waals surface area contributed by atoms with E-state index in [9.17, 15) is 9.50 Å². The molecule has 3 nitrogen and oxygen atoms in total. The Morgan fingerprint density at radius 2 is 2.25 bits per heavy atom. The SMILES string of the molecule is CCC1C2CNCC2CN1C(C)c1ccc(F)cc1O. The molecule has 4 heteroatoms. The van der Waals surface area contributed by atoms with Crippen molar-refractivity contribution in [3.63, 3.8) is 0 Å². The molecule has 1 aromatic carbocycles. The van der Waals surface area contributed by atoms with Gasteiger partial charge in [-0.05, 0) is 44.3 Å². The zero-order valence-corrected chi connectivity index (χ0v) is 12.1. The Morgan fingerprint density at radius 1 is 1.45 bits per heavy atom. The summed E-state index contributed by atoms with van der Waals surface area (Å²) in [7, 11) is 0. The predicted molar refractivity (Wildman–Crippen MR) is 77.1 cm³/mol.